The van der Waals surface area contributed by atoms with E-state index in [2.05, 4.69) is 49.9 Å². The Morgan fingerprint density at radius 1 is 1.29 bits per heavy atom. The number of aryl methyl sites for hydroxylation is 1. The second kappa shape index (κ2) is 4.69. The zero-order chi connectivity index (χ0) is 12.5. The number of hydrogen-bond acceptors (Lipinski definition) is 2. The van der Waals surface area contributed by atoms with Crippen LogP contribution < -0.4 is 10.6 Å². The van der Waals surface area contributed by atoms with Gasteiger partial charge in [-0.3, -0.25) is 0 Å². The second-order valence-corrected chi connectivity index (χ2v) is 5.91. The van der Waals surface area contributed by atoms with Crippen LogP contribution in [0.2, 0.25) is 0 Å². The molecule has 0 aromatic heterocycles. The van der Waals surface area contributed by atoms with E-state index < -0.39 is 0 Å². The second-order valence-electron chi connectivity index (χ2n) is 5.91. The number of anilines is 1. The summed E-state index contributed by atoms with van der Waals surface area (Å²) < 4.78 is 0. The maximum absolute atomic E-state index is 5.68. The summed E-state index contributed by atoms with van der Waals surface area (Å²) in [6.45, 7) is 8.76. The topological polar surface area (TPSA) is 29.3 Å². The zero-order valence-electron chi connectivity index (χ0n) is 11.2. The molecular weight excluding hydrogens is 208 g/mol. The molecular formula is C15H24N2. The average Bonchev–Trinajstić information content (AvgIpc) is 2.55. The van der Waals surface area contributed by atoms with Crippen molar-refractivity contribution in [1.82, 2.24) is 0 Å². The number of nitrogens with two attached hydrogens (primary N) is 1. The summed E-state index contributed by atoms with van der Waals surface area (Å²) in [7, 11) is 0. The molecule has 2 rings (SSSR count). The lowest BCUT2D eigenvalue weighted by Crippen LogP contribution is -2.38. The number of rotatable bonds is 3. The lowest BCUT2D eigenvalue weighted by molar-refractivity contribution is 0.458. The van der Waals surface area contributed by atoms with Gasteiger partial charge in [-0.1, -0.05) is 17.7 Å². The van der Waals surface area contributed by atoms with E-state index in [4.69, 9.17) is 5.73 Å². The largest absolute Gasteiger partial charge is 0.366 e. The summed E-state index contributed by atoms with van der Waals surface area (Å²) >= 11 is 0. The molecule has 2 heteroatoms. The summed E-state index contributed by atoms with van der Waals surface area (Å²) in [4.78, 5) is 2.53. The van der Waals surface area contributed by atoms with Crippen LogP contribution >= 0.6 is 0 Å². The Kier molecular flexibility index (Phi) is 3.43. The fourth-order valence-electron chi connectivity index (χ4n) is 3.00. The van der Waals surface area contributed by atoms with E-state index in [9.17, 15) is 0 Å². The van der Waals surface area contributed by atoms with Crippen molar-refractivity contribution in [3.63, 3.8) is 0 Å². The molecule has 1 fully saturated rings. The third kappa shape index (κ3) is 2.63. The van der Waals surface area contributed by atoms with Crippen molar-refractivity contribution in [1.29, 1.82) is 0 Å². The van der Waals surface area contributed by atoms with Crippen LogP contribution in [0.5, 0.6) is 0 Å². The molecule has 1 saturated heterocycles. The van der Waals surface area contributed by atoms with Crippen molar-refractivity contribution < 1.29 is 0 Å². The highest BCUT2D eigenvalue weighted by atomic mass is 15.2. The Hall–Kier alpha value is -1.02. The molecule has 0 saturated carbocycles. The molecule has 1 aliphatic rings. The smallest absolute Gasteiger partial charge is 0.0370 e. The summed E-state index contributed by atoms with van der Waals surface area (Å²) in [5.74, 6) is 0.747. The zero-order valence-corrected chi connectivity index (χ0v) is 11.2. The van der Waals surface area contributed by atoms with Crippen molar-refractivity contribution in [3.05, 3.63) is 29.8 Å². The maximum atomic E-state index is 5.68. The predicted octanol–water partition coefficient (Wildman–Crippen LogP) is 2.95. The van der Waals surface area contributed by atoms with E-state index in [1.54, 1.807) is 0 Å². The average molecular weight is 232 g/mol. The van der Waals surface area contributed by atoms with Gasteiger partial charge in [0.25, 0.3) is 0 Å². The van der Waals surface area contributed by atoms with Gasteiger partial charge in [-0.25, -0.2) is 0 Å². The molecule has 94 valence electrons. The highest BCUT2D eigenvalue weighted by Gasteiger charge is 2.37. The van der Waals surface area contributed by atoms with Gasteiger partial charge < -0.3 is 10.6 Å². The van der Waals surface area contributed by atoms with E-state index in [0.717, 1.165) is 25.4 Å². The molecule has 0 aliphatic carbocycles. The first kappa shape index (κ1) is 12.4. The van der Waals surface area contributed by atoms with Crippen LogP contribution in [-0.2, 0) is 0 Å². The predicted molar refractivity (Wildman–Crippen MR) is 74.4 cm³/mol. The van der Waals surface area contributed by atoms with E-state index in [0.29, 0.717) is 0 Å². The Morgan fingerprint density at radius 3 is 2.53 bits per heavy atom. The number of nitrogens with zero attached hydrogens (tertiary/aromatic N) is 1. The van der Waals surface area contributed by atoms with Crippen molar-refractivity contribution in [2.24, 2.45) is 11.7 Å². The molecule has 1 aromatic carbocycles. The fraction of sp³-hybridized carbons (Fsp3) is 0.600. The molecule has 2 N–H and O–H groups in total. The van der Waals surface area contributed by atoms with Crippen molar-refractivity contribution >= 4 is 5.69 Å². The molecule has 2 nitrogen and oxygen atoms in total. The molecule has 0 radical (unpaired) electrons. The van der Waals surface area contributed by atoms with Gasteiger partial charge in [0.05, 0.1) is 0 Å². The lowest BCUT2D eigenvalue weighted by Gasteiger charge is -2.33. The molecule has 0 spiro atoms. The van der Waals surface area contributed by atoms with Crippen LogP contribution in [0.15, 0.2) is 24.3 Å². The molecule has 0 bridgehead atoms. The van der Waals surface area contributed by atoms with Gasteiger partial charge in [0.15, 0.2) is 0 Å². The highest BCUT2D eigenvalue weighted by molar-refractivity contribution is 5.51. The van der Waals surface area contributed by atoms with Crippen LogP contribution in [0.25, 0.3) is 0 Å². The first-order valence-corrected chi connectivity index (χ1v) is 6.57. The molecule has 1 unspecified atom stereocenters. The van der Waals surface area contributed by atoms with E-state index >= 15 is 0 Å². The minimum absolute atomic E-state index is 0.259. The van der Waals surface area contributed by atoms with Crippen LogP contribution in [0.4, 0.5) is 5.69 Å². The van der Waals surface area contributed by atoms with Crippen LogP contribution in [0.1, 0.15) is 32.3 Å². The molecule has 1 heterocycles. The SMILES string of the molecule is Cc1ccc(N2CC(CCN)CC2(C)C)cc1. The van der Waals surface area contributed by atoms with Gasteiger partial charge in [-0.05, 0) is 58.2 Å². The summed E-state index contributed by atoms with van der Waals surface area (Å²) in [6.07, 6.45) is 2.39. The monoisotopic (exact) mass is 232 g/mol. The molecule has 1 aromatic rings. The van der Waals surface area contributed by atoms with Gasteiger partial charge in [0.2, 0.25) is 0 Å². The Bertz CT molecular complexity index is 367. The standard InChI is InChI=1S/C15H24N2/c1-12-4-6-14(7-5-12)17-11-13(8-9-16)10-15(17,2)3/h4-7,13H,8-11,16H2,1-3H3. The maximum Gasteiger partial charge on any atom is 0.0370 e. The molecule has 1 aliphatic heterocycles. The van der Waals surface area contributed by atoms with Crippen molar-refractivity contribution in [3.8, 4) is 0 Å². The molecule has 17 heavy (non-hydrogen) atoms. The van der Waals surface area contributed by atoms with E-state index in [1.807, 2.05) is 0 Å². The first-order chi connectivity index (χ1) is 8.03. The molecule has 0 amide bonds. The van der Waals surface area contributed by atoms with Gasteiger partial charge in [0, 0.05) is 17.8 Å². The third-order valence-corrected chi connectivity index (χ3v) is 3.88. The fourth-order valence-corrected chi connectivity index (χ4v) is 3.00. The first-order valence-electron chi connectivity index (χ1n) is 6.57. The summed E-state index contributed by atoms with van der Waals surface area (Å²) in [5.41, 5.74) is 8.61. The highest BCUT2D eigenvalue weighted by Crippen LogP contribution is 2.37. The molecule has 1 atom stereocenters. The van der Waals surface area contributed by atoms with Crippen LogP contribution in [0, 0.1) is 12.8 Å². The normalized spacial score (nSPS) is 23.1. The van der Waals surface area contributed by atoms with E-state index in [-0.39, 0.29) is 5.54 Å². The quantitative estimate of drug-likeness (QED) is 0.868. The lowest BCUT2D eigenvalue weighted by atomic mass is 9.94. The van der Waals surface area contributed by atoms with Gasteiger partial charge >= 0.3 is 0 Å². The number of benzene rings is 1. The number of hydrogen-bond donors (Lipinski definition) is 1. The Morgan fingerprint density at radius 2 is 1.94 bits per heavy atom. The van der Waals surface area contributed by atoms with Crippen LogP contribution in [0.3, 0.4) is 0 Å². The Labute approximate surface area is 105 Å². The Balaban J connectivity index is 2.17. The van der Waals surface area contributed by atoms with Crippen LogP contribution in [-0.4, -0.2) is 18.6 Å². The van der Waals surface area contributed by atoms with Crippen molar-refractivity contribution in [2.45, 2.75) is 39.2 Å². The van der Waals surface area contributed by atoms with Gasteiger partial charge in [0.1, 0.15) is 0 Å². The summed E-state index contributed by atoms with van der Waals surface area (Å²) in [5, 5.41) is 0. The minimum atomic E-state index is 0.259. The van der Waals surface area contributed by atoms with E-state index in [1.165, 1.54) is 17.7 Å². The van der Waals surface area contributed by atoms with Crippen molar-refractivity contribution in [2.75, 3.05) is 18.0 Å². The minimum Gasteiger partial charge on any atom is -0.366 e. The van der Waals surface area contributed by atoms with Gasteiger partial charge in [-0.2, -0.15) is 0 Å². The van der Waals surface area contributed by atoms with Gasteiger partial charge in [-0.15, -0.1) is 0 Å². The summed E-state index contributed by atoms with van der Waals surface area (Å²) in [6, 6.07) is 8.87. The third-order valence-electron chi connectivity index (χ3n) is 3.88.